The number of hydrogen-bond donors (Lipinski definition) is 0. The van der Waals surface area contributed by atoms with Gasteiger partial charge in [-0.2, -0.15) is 0 Å². The summed E-state index contributed by atoms with van der Waals surface area (Å²) in [7, 11) is 0. The van der Waals surface area contributed by atoms with Crippen molar-refractivity contribution in [3.63, 3.8) is 0 Å². The first-order chi connectivity index (χ1) is 13.2. The van der Waals surface area contributed by atoms with Gasteiger partial charge in [-0.25, -0.2) is 0 Å². The zero-order valence-corrected chi connectivity index (χ0v) is 17.4. The lowest BCUT2D eigenvalue weighted by atomic mass is 10.1. The standard InChI is InChI=1S/C18H15BrF3NO3S2/c19-14(9-12-5-7-15(8-6-12)26-18(20,21)22)11-23(28(24)25)17-10-13-3-1-2-4-16(13)27-17/h1-8,10,14H,9,11H2,(H,24,25)/p-1. The van der Waals surface area contributed by atoms with Crippen LogP contribution in [0.3, 0.4) is 0 Å². The molecule has 0 aliphatic rings. The van der Waals surface area contributed by atoms with Crippen molar-refractivity contribution in [1.29, 1.82) is 0 Å². The van der Waals surface area contributed by atoms with Crippen molar-refractivity contribution in [2.45, 2.75) is 17.6 Å². The van der Waals surface area contributed by atoms with Gasteiger partial charge in [0.1, 0.15) is 10.8 Å². The van der Waals surface area contributed by atoms with Crippen LogP contribution in [0.25, 0.3) is 10.1 Å². The van der Waals surface area contributed by atoms with Crippen molar-refractivity contribution < 1.29 is 26.7 Å². The second-order valence-corrected chi connectivity index (χ2v) is 9.13. The fourth-order valence-corrected chi connectivity index (χ4v) is 5.27. The van der Waals surface area contributed by atoms with Crippen LogP contribution < -0.4 is 9.04 Å². The highest BCUT2D eigenvalue weighted by Gasteiger charge is 2.31. The van der Waals surface area contributed by atoms with Gasteiger partial charge in [-0.05, 0) is 41.6 Å². The average Bonchev–Trinajstić information content (AvgIpc) is 3.03. The fourth-order valence-electron chi connectivity index (χ4n) is 2.64. The summed E-state index contributed by atoms with van der Waals surface area (Å²) < 4.78 is 66.2. The Balaban J connectivity index is 1.67. The normalized spacial score (nSPS) is 14.0. The zero-order chi connectivity index (χ0) is 20.3. The van der Waals surface area contributed by atoms with E-state index in [0.717, 1.165) is 15.6 Å². The average molecular weight is 493 g/mol. The molecule has 2 aromatic carbocycles. The predicted molar refractivity (Wildman–Crippen MR) is 108 cm³/mol. The third-order valence-corrected chi connectivity index (χ3v) is 6.39. The molecule has 2 unspecified atom stereocenters. The monoisotopic (exact) mass is 492 g/mol. The lowest BCUT2D eigenvalue weighted by Gasteiger charge is -2.27. The maximum Gasteiger partial charge on any atom is 0.573 e. The second kappa shape index (κ2) is 8.81. The van der Waals surface area contributed by atoms with E-state index in [4.69, 9.17) is 0 Å². The summed E-state index contributed by atoms with van der Waals surface area (Å²) >= 11 is 2.39. The molecular formula is C18H14BrF3NO3S2-. The first kappa shape index (κ1) is 21.1. The van der Waals surface area contributed by atoms with Crippen LogP contribution >= 0.6 is 27.3 Å². The van der Waals surface area contributed by atoms with Gasteiger partial charge in [0.15, 0.2) is 0 Å². The van der Waals surface area contributed by atoms with Gasteiger partial charge < -0.3 is 9.29 Å². The van der Waals surface area contributed by atoms with Crippen LogP contribution in [0, 0.1) is 0 Å². The number of ether oxygens (including phenoxy) is 1. The van der Waals surface area contributed by atoms with Gasteiger partial charge in [-0.1, -0.05) is 46.3 Å². The molecule has 0 fully saturated rings. The molecule has 0 radical (unpaired) electrons. The Bertz CT molecular complexity index is 930. The molecule has 3 rings (SSSR count). The Morgan fingerprint density at radius 1 is 1.18 bits per heavy atom. The van der Waals surface area contributed by atoms with E-state index >= 15 is 0 Å². The van der Waals surface area contributed by atoms with Gasteiger partial charge in [0, 0.05) is 27.3 Å². The van der Waals surface area contributed by atoms with Crippen LogP contribution in [0.5, 0.6) is 5.75 Å². The zero-order valence-electron chi connectivity index (χ0n) is 14.2. The van der Waals surface area contributed by atoms with Gasteiger partial charge in [0.2, 0.25) is 0 Å². The molecule has 1 aromatic heterocycles. The van der Waals surface area contributed by atoms with E-state index in [0.29, 0.717) is 11.4 Å². The third kappa shape index (κ3) is 5.69. The quantitative estimate of drug-likeness (QED) is 0.327. The Hall–Kier alpha value is -1.62. The van der Waals surface area contributed by atoms with Crippen molar-refractivity contribution in [1.82, 2.24) is 0 Å². The molecule has 0 bridgehead atoms. The minimum absolute atomic E-state index is 0.184. The van der Waals surface area contributed by atoms with Crippen molar-refractivity contribution in [2.75, 3.05) is 10.8 Å². The Kier molecular flexibility index (Phi) is 6.64. The molecule has 150 valence electrons. The largest absolute Gasteiger partial charge is 0.755 e. The molecule has 0 amide bonds. The number of anilines is 1. The number of thiophene rings is 1. The highest BCUT2D eigenvalue weighted by Crippen LogP contribution is 2.33. The fraction of sp³-hybridized carbons (Fsp3) is 0.222. The lowest BCUT2D eigenvalue weighted by Crippen LogP contribution is -2.31. The molecule has 0 aliphatic carbocycles. The number of fused-ring (bicyclic) bond motifs is 1. The molecule has 28 heavy (non-hydrogen) atoms. The molecule has 0 N–H and O–H groups in total. The van der Waals surface area contributed by atoms with Crippen molar-refractivity contribution in [3.8, 4) is 5.75 Å². The number of benzene rings is 2. The lowest BCUT2D eigenvalue weighted by molar-refractivity contribution is -0.274. The molecule has 0 saturated heterocycles. The van der Waals surface area contributed by atoms with E-state index in [1.165, 1.54) is 39.9 Å². The molecule has 0 saturated carbocycles. The summed E-state index contributed by atoms with van der Waals surface area (Å²) in [5, 5.41) is 1.57. The highest BCUT2D eigenvalue weighted by atomic mass is 79.9. The molecule has 2 atom stereocenters. The Labute approximate surface area is 174 Å². The van der Waals surface area contributed by atoms with Crippen LogP contribution in [0.1, 0.15) is 5.56 Å². The first-order valence-corrected chi connectivity index (χ1v) is 10.8. The summed E-state index contributed by atoms with van der Waals surface area (Å²) in [4.78, 5) is -0.231. The number of halogens is 4. The topological polar surface area (TPSA) is 52.6 Å². The number of nitrogens with zero attached hydrogens (tertiary/aromatic N) is 1. The van der Waals surface area contributed by atoms with Crippen LogP contribution in [0.2, 0.25) is 0 Å². The maximum absolute atomic E-state index is 12.2. The van der Waals surface area contributed by atoms with E-state index in [1.54, 1.807) is 0 Å². The van der Waals surface area contributed by atoms with E-state index in [-0.39, 0.29) is 17.1 Å². The molecule has 1 heterocycles. The highest BCUT2D eigenvalue weighted by molar-refractivity contribution is 9.09. The maximum atomic E-state index is 12.2. The van der Waals surface area contributed by atoms with E-state index < -0.39 is 17.6 Å². The van der Waals surface area contributed by atoms with Gasteiger partial charge >= 0.3 is 6.36 Å². The number of alkyl halides is 4. The predicted octanol–water partition coefficient (Wildman–Crippen LogP) is 5.41. The van der Waals surface area contributed by atoms with Crippen LogP contribution in [-0.4, -0.2) is 26.5 Å². The van der Waals surface area contributed by atoms with Gasteiger partial charge in [0.25, 0.3) is 0 Å². The minimum Gasteiger partial charge on any atom is -0.755 e. The first-order valence-electron chi connectivity index (χ1n) is 8.05. The van der Waals surface area contributed by atoms with Crippen LogP contribution in [0.15, 0.2) is 54.6 Å². The summed E-state index contributed by atoms with van der Waals surface area (Å²) in [5.74, 6) is -0.296. The van der Waals surface area contributed by atoms with Crippen molar-refractivity contribution >= 4 is 53.6 Å². The van der Waals surface area contributed by atoms with E-state index in [2.05, 4.69) is 20.7 Å². The van der Waals surface area contributed by atoms with E-state index in [1.807, 2.05) is 30.3 Å². The molecule has 0 spiro atoms. The number of rotatable bonds is 7. The molecule has 10 heteroatoms. The summed E-state index contributed by atoms with van der Waals surface area (Å²) in [5.41, 5.74) is 0.754. The van der Waals surface area contributed by atoms with Gasteiger partial charge in [0.05, 0.1) is 0 Å². The van der Waals surface area contributed by atoms with Crippen molar-refractivity contribution in [2.24, 2.45) is 0 Å². The van der Waals surface area contributed by atoms with Crippen LogP contribution in [0.4, 0.5) is 18.2 Å². The summed E-state index contributed by atoms with van der Waals surface area (Å²) in [6.07, 6.45) is -4.30. The van der Waals surface area contributed by atoms with E-state index in [9.17, 15) is 21.9 Å². The molecule has 3 aromatic rings. The summed E-state index contributed by atoms with van der Waals surface area (Å²) in [6.45, 7) is 0.184. The SMILES string of the molecule is O=S([O-])N(CC(Br)Cc1ccc(OC(F)(F)F)cc1)c1cc2ccccc2s1. The minimum atomic E-state index is -4.73. The smallest absolute Gasteiger partial charge is 0.573 e. The molecule has 4 nitrogen and oxygen atoms in total. The third-order valence-electron chi connectivity index (χ3n) is 3.82. The van der Waals surface area contributed by atoms with Crippen LogP contribution in [-0.2, 0) is 17.7 Å². The Morgan fingerprint density at radius 2 is 1.86 bits per heavy atom. The molecule has 0 aliphatic heterocycles. The second-order valence-electron chi connectivity index (χ2n) is 5.89. The number of hydrogen-bond acceptors (Lipinski definition) is 4. The Morgan fingerprint density at radius 3 is 2.46 bits per heavy atom. The summed E-state index contributed by atoms with van der Waals surface area (Å²) in [6, 6.07) is 14.9. The molecular weight excluding hydrogens is 479 g/mol. The van der Waals surface area contributed by atoms with Gasteiger partial charge in [-0.15, -0.1) is 24.5 Å². The van der Waals surface area contributed by atoms with Crippen molar-refractivity contribution in [3.05, 3.63) is 60.2 Å². The van der Waals surface area contributed by atoms with Gasteiger partial charge in [-0.3, -0.25) is 8.51 Å².